The van der Waals surface area contributed by atoms with Crippen LogP contribution in [0.5, 0.6) is 0 Å². The molecule has 1 rings (SSSR count). The quantitative estimate of drug-likeness (QED) is 0.821. The van der Waals surface area contributed by atoms with Crippen LogP contribution in [0.1, 0.15) is 23.4 Å². The summed E-state index contributed by atoms with van der Waals surface area (Å²) < 4.78 is 36.5. The van der Waals surface area contributed by atoms with Crippen molar-refractivity contribution >= 4 is 5.69 Å². The van der Waals surface area contributed by atoms with Gasteiger partial charge in [0.2, 0.25) is 0 Å². The van der Waals surface area contributed by atoms with Gasteiger partial charge < -0.3 is 5.32 Å². The molecule has 0 unspecified atom stereocenters. The molecular weight excluding hydrogens is 281 g/mol. The summed E-state index contributed by atoms with van der Waals surface area (Å²) in [4.78, 5) is 5.44. The van der Waals surface area contributed by atoms with Gasteiger partial charge in [-0.15, -0.1) is 0 Å². The maximum absolute atomic E-state index is 12.2. The number of aromatic nitrogens is 1. The predicted octanol–water partition coefficient (Wildman–Crippen LogP) is 2.87. The minimum Gasteiger partial charge on any atom is -0.384 e. The molecule has 0 radical (unpaired) electrons. The SMILES string of the molecule is Cc1cc(NCCCN(C)CC(F)(F)F)c(C#N)c(C)n1. The van der Waals surface area contributed by atoms with E-state index >= 15 is 0 Å². The summed E-state index contributed by atoms with van der Waals surface area (Å²) in [7, 11) is 1.44. The van der Waals surface area contributed by atoms with Crippen molar-refractivity contribution < 1.29 is 13.2 Å². The average Bonchev–Trinajstić information content (AvgIpc) is 2.32. The van der Waals surface area contributed by atoms with Gasteiger partial charge in [0.05, 0.1) is 23.5 Å². The second kappa shape index (κ2) is 7.27. The number of halogens is 3. The Bertz CT molecular complexity index is 520. The number of hydrogen-bond acceptors (Lipinski definition) is 4. The summed E-state index contributed by atoms with van der Waals surface area (Å²) in [5, 5.41) is 12.2. The van der Waals surface area contributed by atoms with E-state index in [0.717, 1.165) is 5.69 Å². The van der Waals surface area contributed by atoms with Crippen molar-refractivity contribution in [3.8, 4) is 6.07 Å². The number of nitrogens with one attached hydrogen (secondary N) is 1. The highest BCUT2D eigenvalue weighted by Gasteiger charge is 2.28. The fraction of sp³-hybridized carbons (Fsp3) is 0.571. The first kappa shape index (κ1) is 17.2. The van der Waals surface area contributed by atoms with E-state index in [0.29, 0.717) is 36.5 Å². The Hall–Kier alpha value is -1.81. The van der Waals surface area contributed by atoms with E-state index < -0.39 is 12.7 Å². The molecule has 0 fully saturated rings. The number of anilines is 1. The lowest BCUT2D eigenvalue weighted by Crippen LogP contribution is -2.32. The number of rotatable bonds is 6. The molecular formula is C14H19F3N4. The van der Waals surface area contributed by atoms with Gasteiger partial charge >= 0.3 is 6.18 Å². The summed E-state index contributed by atoms with van der Waals surface area (Å²) in [6.45, 7) is 3.51. The molecule has 0 aliphatic carbocycles. The van der Waals surface area contributed by atoms with Crippen LogP contribution < -0.4 is 5.32 Å². The van der Waals surface area contributed by atoms with Crippen LogP contribution in [-0.4, -0.2) is 42.7 Å². The van der Waals surface area contributed by atoms with Gasteiger partial charge in [-0.3, -0.25) is 9.88 Å². The zero-order chi connectivity index (χ0) is 16.0. The van der Waals surface area contributed by atoms with Crippen molar-refractivity contribution in [2.45, 2.75) is 26.4 Å². The van der Waals surface area contributed by atoms with Gasteiger partial charge in [-0.05, 0) is 39.9 Å². The molecule has 1 aromatic heterocycles. The van der Waals surface area contributed by atoms with Gasteiger partial charge in [0.15, 0.2) is 0 Å². The summed E-state index contributed by atoms with van der Waals surface area (Å²) >= 11 is 0. The van der Waals surface area contributed by atoms with Gasteiger partial charge in [-0.1, -0.05) is 0 Å². The molecule has 21 heavy (non-hydrogen) atoms. The molecule has 0 atom stereocenters. The number of aryl methyl sites for hydroxylation is 2. The lowest BCUT2D eigenvalue weighted by Gasteiger charge is -2.18. The third kappa shape index (κ3) is 6.00. The highest BCUT2D eigenvalue weighted by atomic mass is 19.4. The van der Waals surface area contributed by atoms with Crippen LogP contribution in [0.2, 0.25) is 0 Å². The van der Waals surface area contributed by atoms with Gasteiger partial charge in [0.25, 0.3) is 0 Å². The maximum atomic E-state index is 12.2. The molecule has 7 heteroatoms. The summed E-state index contributed by atoms with van der Waals surface area (Å²) in [6.07, 6.45) is -3.62. The van der Waals surface area contributed by atoms with Crippen molar-refractivity contribution in [3.63, 3.8) is 0 Å². The van der Waals surface area contributed by atoms with Crippen molar-refractivity contribution in [3.05, 3.63) is 23.0 Å². The molecule has 0 saturated heterocycles. The van der Waals surface area contributed by atoms with E-state index in [1.165, 1.54) is 11.9 Å². The van der Waals surface area contributed by atoms with E-state index in [9.17, 15) is 13.2 Å². The van der Waals surface area contributed by atoms with E-state index in [1.54, 1.807) is 13.0 Å². The summed E-state index contributed by atoms with van der Waals surface area (Å²) in [5.74, 6) is 0. The predicted molar refractivity (Wildman–Crippen MR) is 75.1 cm³/mol. The molecule has 116 valence electrons. The van der Waals surface area contributed by atoms with E-state index in [-0.39, 0.29) is 0 Å². The van der Waals surface area contributed by atoms with Crippen LogP contribution in [0.15, 0.2) is 6.07 Å². The van der Waals surface area contributed by atoms with Crippen molar-refractivity contribution in [2.75, 3.05) is 32.0 Å². The lowest BCUT2D eigenvalue weighted by molar-refractivity contribution is -0.142. The third-order valence-corrected chi connectivity index (χ3v) is 2.92. The van der Waals surface area contributed by atoms with Gasteiger partial charge in [0, 0.05) is 12.2 Å². The monoisotopic (exact) mass is 300 g/mol. The highest BCUT2D eigenvalue weighted by Crippen LogP contribution is 2.19. The summed E-state index contributed by atoms with van der Waals surface area (Å²) in [6, 6.07) is 3.86. The zero-order valence-electron chi connectivity index (χ0n) is 12.4. The normalized spacial score (nSPS) is 11.5. The summed E-state index contributed by atoms with van der Waals surface area (Å²) in [5.41, 5.74) is 2.60. The molecule has 0 bridgehead atoms. The Kier molecular flexibility index (Phi) is 5.97. The topological polar surface area (TPSA) is 52.0 Å². The first-order valence-electron chi connectivity index (χ1n) is 6.60. The van der Waals surface area contributed by atoms with Crippen LogP contribution in [0.4, 0.5) is 18.9 Å². The number of nitriles is 1. The molecule has 0 aromatic carbocycles. The zero-order valence-corrected chi connectivity index (χ0v) is 12.4. The molecule has 0 saturated carbocycles. The lowest BCUT2D eigenvalue weighted by atomic mass is 10.1. The first-order valence-corrected chi connectivity index (χ1v) is 6.60. The van der Waals surface area contributed by atoms with Crippen LogP contribution in [0.3, 0.4) is 0 Å². The number of hydrogen-bond donors (Lipinski definition) is 1. The van der Waals surface area contributed by atoms with Crippen molar-refractivity contribution in [1.29, 1.82) is 5.26 Å². The molecule has 0 aliphatic heterocycles. The molecule has 0 aliphatic rings. The smallest absolute Gasteiger partial charge is 0.384 e. The Balaban J connectivity index is 2.49. The second-order valence-corrected chi connectivity index (χ2v) is 5.02. The third-order valence-electron chi connectivity index (χ3n) is 2.92. The molecule has 0 amide bonds. The van der Waals surface area contributed by atoms with Crippen LogP contribution >= 0.6 is 0 Å². The maximum Gasteiger partial charge on any atom is 0.401 e. The van der Waals surface area contributed by atoms with Crippen LogP contribution in [-0.2, 0) is 0 Å². The van der Waals surface area contributed by atoms with Crippen LogP contribution in [0, 0.1) is 25.2 Å². The Morgan fingerprint density at radius 1 is 1.38 bits per heavy atom. The van der Waals surface area contributed by atoms with E-state index in [2.05, 4.69) is 16.4 Å². The number of pyridine rings is 1. The minimum absolute atomic E-state index is 0.331. The van der Waals surface area contributed by atoms with Gasteiger partial charge in [-0.2, -0.15) is 18.4 Å². The first-order chi connectivity index (χ1) is 9.73. The fourth-order valence-electron chi connectivity index (χ4n) is 2.07. The average molecular weight is 300 g/mol. The van der Waals surface area contributed by atoms with Gasteiger partial charge in [0.1, 0.15) is 6.07 Å². The molecule has 1 heterocycles. The molecule has 4 nitrogen and oxygen atoms in total. The van der Waals surface area contributed by atoms with E-state index in [1.807, 2.05) is 6.92 Å². The Morgan fingerprint density at radius 2 is 2.05 bits per heavy atom. The van der Waals surface area contributed by atoms with Crippen LogP contribution in [0.25, 0.3) is 0 Å². The van der Waals surface area contributed by atoms with Crippen molar-refractivity contribution in [2.24, 2.45) is 0 Å². The Labute approximate surface area is 122 Å². The van der Waals surface area contributed by atoms with E-state index in [4.69, 9.17) is 5.26 Å². The van der Waals surface area contributed by atoms with Crippen molar-refractivity contribution in [1.82, 2.24) is 9.88 Å². The second-order valence-electron chi connectivity index (χ2n) is 5.02. The highest BCUT2D eigenvalue weighted by molar-refractivity contribution is 5.59. The minimum atomic E-state index is -4.17. The largest absolute Gasteiger partial charge is 0.401 e. The molecule has 1 aromatic rings. The number of alkyl halides is 3. The number of nitrogens with zero attached hydrogens (tertiary/aromatic N) is 3. The molecule has 0 spiro atoms. The fourth-order valence-corrected chi connectivity index (χ4v) is 2.07. The standard InChI is InChI=1S/C14H19F3N4/c1-10-7-13(12(8-18)11(2)20-10)19-5-4-6-21(3)9-14(15,16)17/h7H,4-6,9H2,1-3H3,(H,19,20). The van der Waals surface area contributed by atoms with Gasteiger partial charge in [-0.25, -0.2) is 0 Å². The molecule has 1 N–H and O–H groups in total. The Morgan fingerprint density at radius 3 is 2.62 bits per heavy atom.